The molecule has 13 aromatic rings. The van der Waals surface area contributed by atoms with Crippen molar-refractivity contribution >= 4 is 60.9 Å². The van der Waals surface area contributed by atoms with Gasteiger partial charge in [0.25, 0.3) is 0 Å². The number of rotatable bonds is 8. The molecule has 3 nitrogen and oxygen atoms in total. The van der Waals surface area contributed by atoms with E-state index in [1.54, 1.807) is 0 Å². The predicted molar refractivity (Wildman–Crippen MR) is 289 cm³/mol. The molecule has 2 heterocycles. The Balaban J connectivity index is 1.04. The standard InChI is InChI=1S/C67H43NO2/c1-5-21-44(22-6-1)50-29-13-14-32-55(50)65-64-56-33-17-20-36-61(56)69-63(64)43-57-54-40-38-49(42-62(54)70-66(57)65)68(60-35-19-16-30-51(60)45-23-7-2-8-24-45)48-37-39-53-52-31-15-18-34-58(52)67(59(53)41-48,46-25-9-3-10-26-46)47-27-11-4-12-28-47/h1-43H. The fraction of sp³-hybridized carbons (Fsp3) is 0.0149. The third kappa shape index (κ3) is 6.01. The molecule has 0 bridgehead atoms. The Labute approximate surface area is 405 Å². The van der Waals surface area contributed by atoms with Crippen molar-refractivity contribution in [1.29, 1.82) is 0 Å². The zero-order chi connectivity index (χ0) is 46.2. The molecule has 14 rings (SSSR count). The van der Waals surface area contributed by atoms with Gasteiger partial charge in [0.05, 0.1) is 11.1 Å². The normalized spacial score (nSPS) is 12.7. The van der Waals surface area contributed by atoms with E-state index in [1.807, 2.05) is 6.07 Å². The van der Waals surface area contributed by atoms with E-state index in [-0.39, 0.29) is 0 Å². The first-order chi connectivity index (χ1) is 34.7. The van der Waals surface area contributed by atoms with Crippen LogP contribution in [-0.4, -0.2) is 0 Å². The molecular weight excluding hydrogens is 851 g/mol. The van der Waals surface area contributed by atoms with Gasteiger partial charge in [-0.3, -0.25) is 0 Å². The van der Waals surface area contributed by atoms with E-state index in [1.165, 1.54) is 33.4 Å². The zero-order valence-corrected chi connectivity index (χ0v) is 38.1. The number of para-hydroxylation sites is 2. The highest BCUT2D eigenvalue weighted by atomic mass is 16.3. The molecule has 11 aromatic carbocycles. The summed E-state index contributed by atoms with van der Waals surface area (Å²) in [5.74, 6) is 0. The molecule has 0 aliphatic heterocycles. The Kier molecular flexibility index (Phi) is 9.11. The highest BCUT2D eigenvalue weighted by Gasteiger charge is 2.46. The second-order valence-corrected chi connectivity index (χ2v) is 18.3. The van der Waals surface area contributed by atoms with Gasteiger partial charge in [-0.1, -0.05) is 212 Å². The van der Waals surface area contributed by atoms with E-state index in [2.05, 4.69) is 260 Å². The number of nitrogens with zero attached hydrogens (tertiary/aromatic N) is 1. The maximum absolute atomic E-state index is 7.33. The quantitative estimate of drug-likeness (QED) is 0.152. The third-order valence-corrected chi connectivity index (χ3v) is 14.6. The fourth-order valence-corrected chi connectivity index (χ4v) is 11.6. The second kappa shape index (κ2) is 16.0. The van der Waals surface area contributed by atoms with Gasteiger partial charge in [-0.05, 0) is 98.1 Å². The van der Waals surface area contributed by atoms with Crippen LogP contribution in [0.15, 0.2) is 270 Å². The minimum Gasteiger partial charge on any atom is -0.456 e. The molecule has 1 aliphatic carbocycles. The van der Waals surface area contributed by atoms with Crippen molar-refractivity contribution in [3.05, 3.63) is 283 Å². The van der Waals surface area contributed by atoms with Crippen LogP contribution in [0, 0.1) is 0 Å². The molecule has 3 heteroatoms. The summed E-state index contributed by atoms with van der Waals surface area (Å²) < 4.78 is 14.0. The molecule has 0 saturated carbocycles. The van der Waals surface area contributed by atoms with Crippen molar-refractivity contribution in [1.82, 2.24) is 0 Å². The lowest BCUT2D eigenvalue weighted by atomic mass is 9.67. The predicted octanol–water partition coefficient (Wildman–Crippen LogP) is 18.3. The molecule has 0 saturated heterocycles. The Hall–Kier alpha value is -9.18. The van der Waals surface area contributed by atoms with Crippen LogP contribution in [0.25, 0.3) is 88.4 Å². The van der Waals surface area contributed by atoms with E-state index in [0.29, 0.717) is 0 Å². The van der Waals surface area contributed by atoms with Crippen LogP contribution in [0.4, 0.5) is 17.1 Å². The van der Waals surface area contributed by atoms with E-state index >= 15 is 0 Å². The zero-order valence-electron chi connectivity index (χ0n) is 38.1. The van der Waals surface area contributed by atoms with E-state index in [4.69, 9.17) is 8.83 Å². The molecule has 0 unspecified atom stereocenters. The minimum absolute atomic E-state index is 0.564. The van der Waals surface area contributed by atoms with Gasteiger partial charge in [0.2, 0.25) is 0 Å². The number of anilines is 3. The molecule has 0 N–H and O–H groups in total. The SMILES string of the molecule is c1ccc(-c2ccccc2-c2c3oc4cc(N(c5ccc6c(c5)C(c5ccccc5)(c5ccccc5)c5ccccc5-6)c5ccccc5-c5ccccc5)ccc4c3cc3oc4ccccc4c23)cc1. The number of fused-ring (bicyclic) bond motifs is 9. The summed E-state index contributed by atoms with van der Waals surface area (Å²) in [6.07, 6.45) is 0. The smallest absolute Gasteiger partial charge is 0.144 e. The van der Waals surface area contributed by atoms with Gasteiger partial charge < -0.3 is 13.7 Å². The summed E-state index contributed by atoms with van der Waals surface area (Å²) in [7, 11) is 0. The lowest BCUT2D eigenvalue weighted by Gasteiger charge is -2.35. The van der Waals surface area contributed by atoms with E-state index < -0.39 is 5.41 Å². The fourth-order valence-electron chi connectivity index (χ4n) is 11.6. The summed E-state index contributed by atoms with van der Waals surface area (Å²) >= 11 is 0. The number of hydrogen-bond acceptors (Lipinski definition) is 3. The van der Waals surface area contributed by atoms with Crippen molar-refractivity contribution in [3.63, 3.8) is 0 Å². The highest BCUT2D eigenvalue weighted by Crippen LogP contribution is 2.58. The number of hydrogen-bond donors (Lipinski definition) is 0. The van der Waals surface area contributed by atoms with Crippen molar-refractivity contribution in [2.45, 2.75) is 5.41 Å². The van der Waals surface area contributed by atoms with Gasteiger partial charge in [-0.2, -0.15) is 0 Å². The molecule has 0 spiro atoms. The first-order valence-electron chi connectivity index (χ1n) is 24.0. The lowest BCUT2D eigenvalue weighted by molar-refractivity contribution is 0.664. The molecular formula is C67H43NO2. The van der Waals surface area contributed by atoms with Crippen LogP contribution in [0.3, 0.4) is 0 Å². The van der Waals surface area contributed by atoms with Crippen LogP contribution in [0.2, 0.25) is 0 Å². The summed E-state index contributed by atoms with van der Waals surface area (Å²) in [5.41, 5.74) is 19.9. The van der Waals surface area contributed by atoms with Gasteiger partial charge in [0.1, 0.15) is 22.3 Å². The maximum Gasteiger partial charge on any atom is 0.144 e. The topological polar surface area (TPSA) is 29.5 Å². The Morgan fingerprint density at radius 3 is 1.59 bits per heavy atom. The molecule has 2 aromatic heterocycles. The summed E-state index contributed by atoms with van der Waals surface area (Å²) in [6.45, 7) is 0. The van der Waals surface area contributed by atoms with Crippen molar-refractivity contribution in [2.75, 3.05) is 4.90 Å². The van der Waals surface area contributed by atoms with Crippen LogP contribution in [-0.2, 0) is 5.41 Å². The van der Waals surface area contributed by atoms with Gasteiger partial charge in [-0.15, -0.1) is 0 Å². The number of benzene rings is 11. The van der Waals surface area contributed by atoms with Crippen LogP contribution in [0.5, 0.6) is 0 Å². The third-order valence-electron chi connectivity index (χ3n) is 14.6. The van der Waals surface area contributed by atoms with Crippen LogP contribution < -0.4 is 4.90 Å². The van der Waals surface area contributed by atoms with Gasteiger partial charge in [0, 0.05) is 50.1 Å². The molecule has 0 fully saturated rings. The van der Waals surface area contributed by atoms with Gasteiger partial charge >= 0.3 is 0 Å². The Morgan fingerprint density at radius 2 is 0.857 bits per heavy atom. The van der Waals surface area contributed by atoms with Crippen molar-refractivity contribution < 1.29 is 8.83 Å². The molecule has 0 amide bonds. The first-order valence-corrected chi connectivity index (χ1v) is 24.0. The Bertz CT molecular complexity index is 4070. The second-order valence-electron chi connectivity index (χ2n) is 18.3. The minimum atomic E-state index is -0.564. The van der Waals surface area contributed by atoms with Crippen molar-refractivity contribution in [3.8, 4) is 44.5 Å². The summed E-state index contributed by atoms with van der Waals surface area (Å²) in [4.78, 5) is 2.42. The maximum atomic E-state index is 7.33. The van der Waals surface area contributed by atoms with E-state index in [0.717, 1.165) is 94.3 Å². The Morgan fingerprint density at radius 1 is 0.314 bits per heavy atom. The first kappa shape index (κ1) is 39.9. The monoisotopic (exact) mass is 893 g/mol. The average Bonchev–Trinajstić information content (AvgIpc) is 4.09. The van der Waals surface area contributed by atoms with Crippen molar-refractivity contribution in [2.24, 2.45) is 0 Å². The molecule has 328 valence electrons. The van der Waals surface area contributed by atoms with Crippen LogP contribution in [0.1, 0.15) is 22.3 Å². The van der Waals surface area contributed by atoms with Gasteiger partial charge in [0.15, 0.2) is 0 Å². The average molecular weight is 894 g/mol. The molecule has 0 radical (unpaired) electrons. The molecule has 1 aliphatic rings. The summed E-state index contributed by atoms with van der Waals surface area (Å²) in [6, 6.07) is 94.0. The molecule has 70 heavy (non-hydrogen) atoms. The van der Waals surface area contributed by atoms with E-state index in [9.17, 15) is 0 Å². The van der Waals surface area contributed by atoms with Crippen LogP contribution >= 0.6 is 0 Å². The lowest BCUT2D eigenvalue weighted by Crippen LogP contribution is -2.28. The largest absolute Gasteiger partial charge is 0.456 e. The highest BCUT2D eigenvalue weighted by molar-refractivity contribution is 6.24. The van der Waals surface area contributed by atoms with Gasteiger partial charge in [-0.25, -0.2) is 0 Å². The number of furan rings is 2. The summed E-state index contributed by atoms with van der Waals surface area (Å²) in [5, 5.41) is 4.13. The molecule has 0 atom stereocenters.